The fraction of sp³-hybridized carbons (Fsp3) is 0.263. The lowest BCUT2D eigenvalue weighted by molar-refractivity contribution is -0.123. The van der Waals surface area contributed by atoms with Crippen molar-refractivity contribution in [3.05, 3.63) is 54.1 Å². The summed E-state index contributed by atoms with van der Waals surface area (Å²) in [5, 5.41) is 2.69. The largest absolute Gasteiger partial charge is 0.492 e. The Morgan fingerprint density at radius 2 is 1.77 bits per heavy atom. The number of carbonyl (C=O) groups excluding carboxylic acids is 2. The van der Waals surface area contributed by atoms with Gasteiger partial charge >= 0.3 is 5.97 Å². The zero-order valence-corrected chi connectivity index (χ0v) is 15.7. The highest BCUT2D eigenvalue weighted by Gasteiger charge is 2.20. The van der Waals surface area contributed by atoms with Crippen molar-refractivity contribution in [2.45, 2.75) is 24.8 Å². The molecule has 2 atom stereocenters. The molecule has 0 heterocycles. The molecule has 6 nitrogen and oxygen atoms in total. The minimum absolute atomic E-state index is 0.286. The van der Waals surface area contributed by atoms with Crippen LogP contribution in [0.25, 0.3) is 0 Å². The number of esters is 1. The second-order valence-corrected chi connectivity index (χ2v) is 6.82. The van der Waals surface area contributed by atoms with E-state index in [0.717, 1.165) is 0 Å². The number of para-hydroxylation sites is 2. The number of ether oxygens (including phenoxy) is 2. The highest BCUT2D eigenvalue weighted by atomic mass is 32.2. The molecule has 0 fully saturated rings. The summed E-state index contributed by atoms with van der Waals surface area (Å²) in [7, 11) is -1.12. The summed E-state index contributed by atoms with van der Waals surface area (Å²) in [4.78, 5) is 25.1. The molecule has 2 unspecified atom stereocenters. The van der Waals surface area contributed by atoms with Crippen LogP contribution in [0.3, 0.4) is 0 Å². The summed E-state index contributed by atoms with van der Waals surface area (Å²) in [6.45, 7) is 3.81. The van der Waals surface area contributed by atoms with Gasteiger partial charge in [0.25, 0.3) is 5.91 Å². The van der Waals surface area contributed by atoms with Crippen LogP contribution in [0.2, 0.25) is 0 Å². The molecule has 7 heteroatoms. The first kappa shape index (κ1) is 19.7. The molecule has 0 spiro atoms. The van der Waals surface area contributed by atoms with Crippen molar-refractivity contribution < 1.29 is 23.3 Å². The third-order valence-corrected chi connectivity index (χ3v) is 4.46. The van der Waals surface area contributed by atoms with E-state index in [1.54, 1.807) is 42.7 Å². The van der Waals surface area contributed by atoms with E-state index < -0.39 is 28.8 Å². The fourth-order valence-electron chi connectivity index (χ4n) is 2.15. The second kappa shape index (κ2) is 9.15. The van der Waals surface area contributed by atoms with Crippen LogP contribution in [0.4, 0.5) is 5.69 Å². The van der Waals surface area contributed by atoms with Crippen molar-refractivity contribution in [3.8, 4) is 5.75 Å². The zero-order valence-electron chi connectivity index (χ0n) is 14.9. The van der Waals surface area contributed by atoms with Crippen molar-refractivity contribution in [1.29, 1.82) is 0 Å². The van der Waals surface area contributed by atoms with Crippen molar-refractivity contribution >= 4 is 28.4 Å². The van der Waals surface area contributed by atoms with Gasteiger partial charge in [0, 0.05) is 22.0 Å². The Morgan fingerprint density at radius 1 is 1.12 bits per heavy atom. The number of hydrogen-bond donors (Lipinski definition) is 1. The predicted octanol–water partition coefficient (Wildman–Crippen LogP) is 3.01. The van der Waals surface area contributed by atoms with Gasteiger partial charge in [-0.15, -0.1) is 0 Å². The SMILES string of the molecule is CCOc1ccccc1NC(=O)C(C)OC(=O)c1ccc(S(C)=O)cc1. The second-order valence-electron chi connectivity index (χ2n) is 5.44. The minimum Gasteiger partial charge on any atom is -0.492 e. The standard InChI is InChI=1S/C19H21NO5S/c1-4-24-17-8-6-5-7-16(17)20-18(21)13(2)25-19(22)14-9-11-15(12-10-14)26(3)23/h5-13H,4H2,1-3H3,(H,20,21). The number of nitrogens with one attached hydrogen (secondary N) is 1. The van der Waals surface area contributed by atoms with Crippen LogP contribution in [0, 0.1) is 0 Å². The number of hydrogen-bond acceptors (Lipinski definition) is 5. The molecule has 0 aliphatic rings. The van der Waals surface area contributed by atoms with Crippen LogP contribution in [-0.4, -0.2) is 35.1 Å². The van der Waals surface area contributed by atoms with Crippen molar-refractivity contribution in [2.75, 3.05) is 18.2 Å². The summed E-state index contributed by atoms with van der Waals surface area (Å²) < 4.78 is 22.0. The number of carbonyl (C=O) groups is 2. The average molecular weight is 375 g/mol. The van der Waals surface area contributed by atoms with E-state index >= 15 is 0 Å². The van der Waals surface area contributed by atoms with Gasteiger partial charge in [0.1, 0.15) is 5.75 Å². The number of amides is 1. The van der Waals surface area contributed by atoms with Crippen LogP contribution >= 0.6 is 0 Å². The predicted molar refractivity (Wildman–Crippen MR) is 99.9 cm³/mol. The molecule has 0 aliphatic carbocycles. The molecule has 2 aromatic rings. The van der Waals surface area contributed by atoms with Crippen LogP contribution < -0.4 is 10.1 Å². The Labute approximate surface area is 155 Å². The van der Waals surface area contributed by atoms with Gasteiger partial charge in [-0.25, -0.2) is 4.79 Å². The van der Waals surface area contributed by atoms with E-state index in [4.69, 9.17) is 9.47 Å². The summed E-state index contributed by atoms with van der Waals surface area (Å²) >= 11 is 0. The van der Waals surface area contributed by atoms with Crippen molar-refractivity contribution in [1.82, 2.24) is 0 Å². The topological polar surface area (TPSA) is 81.7 Å². The Hall–Kier alpha value is -2.67. The third kappa shape index (κ3) is 5.16. The monoisotopic (exact) mass is 375 g/mol. The highest BCUT2D eigenvalue weighted by Crippen LogP contribution is 2.24. The molecule has 1 amide bonds. The molecule has 0 aliphatic heterocycles. The molecule has 2 aromatic carbocycles. The third-order valence-electron chi connectivity index (χ3n) is 3.52. The molecule has 26 heavy (non-hydrogen) atoms. The quantitative estimate of drug-likeness (QED) is 0.753. The lowest BCUT2D eigenvalue weighted by atomic mass is 10.2. The summed E-state index contributed by atoms with van der Waals surface area (Å²) in [6.07, 6.45) is 0.567. The van der Waals surface area contributed by atoms with Gasteiger partial charge in [0.05, 0.1) is 17.9 Å². The van der Waals surface area contributed by atoms with Gasteiger partial charge < -0.3 is 14.8 Å². The van der Waals surface area contributed by atoms with Gasteiger partial charge in [-0.05, 0) is 50.2 Å². The first-order valence-electron chi connectivity index (χ1n) is 8.09. The van der Waals surface area contributed by atoms with Crippen LogP contribution in [0.5, 0.6) is 5.75 Å². The number of anilines is 1. The Morgan fingerprint density at radius 3 is 2.38 bits per heavy atom. The molecule has 0 radical (unpaired) electrons. The Balaban J connectivity index is 2.00. The van der Waals surface area contributed by atoms with Gasteiger partial charge in [-0.3, -0.25) is 9.00 Å². The molecule has 138 valence electrons. The van der Waals surface area contributed by atoms with Crippen LogP contribution in [0.1, 0.15) is 24.2 Å². The van der Waals surface area contributed by atoms with Crippen molar-refractivity contribution in [2.24, 2.45) is 0 Å². The maximum absolute atomic E-state index is 12.3. The van der Waals surface area contributed by atoms with E-state index in [9.17, 15) is 13.8 Å². The molecule has 0 saturated heterocycles. The van der Waals surface area contributed by atoms with E-state index in [1.807, 2.05) is 6.92 Å². The highest BCUT2D eigenvalue weighted by molar-refractivity contribution is 7.84. The van der Waals surface area contributed by atoms with Gasteiger partial charge in [-0.1, -0.05) is 12.1 Å². The molecule has 2 rings (SSSR count). The van der Waals surface area contributed by atoms with Crippen molar-refractivity contribution in [3.63, 3.8) is 0 Å². The zero-order chi connectivity index (χ0) is 19.1. The molecule has 1 N–H and O–H groups in total. The number of benzene rings is 2. The van der Waals surface area contributed by atoms with E-state index in [-0.39, 0.29) is 5.56 Å². The molecular formula is C19H21NO5S. The Kier molecular flexibility index (Phi) is 6.91. The minimum atomic E-state index is -1.12. The summed E-state index contributed by atoms with van der Waals surface area (Å²) in [5.41, 5.74) is 0.797. The molecule has 0 bridgehead atoms. The summed E-state index contributed by atoms with van der Waals surface area (Å²) in [6, 6.07) is 13.3. The fourth-order valence-corrected chi connectivity index (χ4v) is 2.67. The normalized spacial score (nSPS) is 12.7. The van der Waals surface area contributed by atoms with E-state index in [2.05, 4.69) is 5.32 Å². The lowest BCUT2D eigenvalue weighted by Crippen LogP contribution is -2.30. The van der Waals surface area contributed by atoms with E-state index in [1.165, 1.54) is 19.1 Å². The smallest absolute Gasteiger partial charge is 0.338 e. The van der Waals surface area contributed by atoms with Crippen LogP contribution in [-0.2, 0) is 20.3 Å². The number of rotatable bonds is 7. The van der Waals surface area contributed by atoms with Gasteiger partial charge in [0.15, 0.2) is 6.10 Å². The first-order valence-corrected chi connectivity index (χ1v) is 9.65. The van der Waals surface area contributed by atoms with Gasteiger partial charge in [0.2, 0.25) is 0 Å². The van der Waals surface area contributed by atoms with Gasteiger partial charge in [-0.2, -0.15) is 0 Å². The molecule has 0 aromatic heterocycles. The maximum atomic E-state index is 12.3. The lowest BCUT2D eigenvalue weighted by Gasteiger charge is -2.15. The van der Waals surface area contributed by atoms with E-state index in [0.29, 0.717) is 22.9 Å². The average Bonchev–Trinajstić information content (AvgIpc) is 2.63. The first-order chi connectivity index (χ1) is 12.4. The maximum Gasteiger partial charge on any atom is 0.338 e. The Bertz CT molecular complexity index is 804. The molecule has 0 saturated carbocycles. The van der Waals surface area contributed by atoms with Crippen LogP contribution in [0.15, 0.2) is 53.4 Å². The summed E-state index contributed by atoms with van der Waals surface area (Å²) in [5.74, 6) is -0.541. The molecular weight excluding hydrogens is 354 g/mol.